The summed E-state index contributed by atoms with van der Waals surface area (Å²) < 4.78 is 40.9. The number of benzene rings is 1. The maximum absolute atomic E-state index is 12.4. The van der Waals surface area contributed by atoms with Gasteiger partial charge in [0.15, 0.2) is 0 Å². The molecule has 2 saturated heterocycles. The van der Waals surface area contributed by atoms with Gasteiger partial charge in [-0.05, 0) is 50.9 Å². The van der Waals surface area contributed by atoms with Gasteiger partial charge in [0.2, 0.25) is 0 Å². The molecule has 1 aromatic carbocycles. The highest BCUT2D eigenvalue weighted by atomic mass is 19.4. The van der Waals surface area contributed by atoms with E-state index in [0.29, 0.717) is 12.1 Å². The number of rotatable bonds is 4. The predicted molar refractivity (Wildman–Crippen MR) is 90.1 cm³/mol. The molecular formula is C17H21F3N4O2. The topological polar surface area (TPSA) is 91.4 Å². The molecule has 0 aliphatic carbocycles. The van der Waals surface area contributed by atoms with Gasteiger partial charge in [-0.3, -0.25) is 10.2 Å². The Balaban J connectivity index is 1.69. The fourth-order valence-electron chi connectivity index (χ4n) is 3.86. The van der Waals surface area contributed by atoms with Gasteiger partial charge in [0, 0.05) is 29.4 Å². The molecule has 2 bridgehead atoms. The average molecular weight is 370 g/mol. The minimum absolute atomic E-state index is 0.0446. The van der Waals surface area contributed by atoms with Crippen LogP contribution in [0.3, 0.4) is 0 Å². The van der Waals surface area contributed by atoms with E-state index in [-0.39, 0.29) is 17.3 Å². The molecule has 2 heterocycles. The molecule has 0 spiro atoms. The van der Waals surface area contributed by atoms with Crippen LogP contribution in [0.1, 0.15) is 31.2 Å². The van der Waals surface area contributed by atoms with Crippen LogP contribution in [0.5, 0.6) is 5.75 Å². The number of fused-ring (bicyclic) bond motifs is 2. The molecule has 2 atom stereocenters. The van der Waals surface area contributed by atoms with E-state index in [1.807, 2.05) is 0 Å². The summed E-state index contributed by atoms with van der Waals surface area (Å²) in [6, 6.07) is 3.99. The number of carbonyl (C=O) groups excluding carboxylic acids is 1. The monoisotopic (exact) mass is 370 g/mol. The highest BCUT2D eigenvalue weighted by Gasteiger charge is 2.39. The van der Waals surface area contributed by atoms with Gasteiger partial charge in [0.05, 0.1) is 0 Å². The van der Waals surface area contributed by atoms with Crippen molar-refractivity contribution in [3.63, 3.8) is 0 Å². The van der Waals surface area contributed by atoms with Crippen LogP contribution >= 0.6 is 0 Å². The van der Waals surface area contributed by atoms with Crippen molar-refractivity contribution >= 4 is 17.3 Å². The number of piperidine rings is 1. The maximum atomic E-state index is 12.4. The van der Waals surface area contributed by atoms with Gasteiger partial charge in [-0.15, -0.1) is 13.2 Å². The van der Waals surface area contributed by atoms with Crippen molar-refractivity contribution in [1.82, 2.24) is 10.2 Å². The summed E-state index contributed by atoms with van der Waals surface area (Å²) in [6.07, 6.45) is -1.06. The molecule has 1 aromatic rings. The van der Waals surface area contributed by atoms with Crippen molar-refractivity contribution in [2.75, 3.05) is 12.8 Å². The summed E-state index contributed by atoms with van der Waals surface area (Å²) in [7, 11) is 2.08. The van der Waals surface area contributed by atoms with E-state index in [0.717, 1.165) is 37.8 Å². The van der Waals surface area contributed by atoms with Gasteiger partial charge in [0.25, 0.3) is 5.91 Å². The minimum atomic E-state index is -4.86. The molecule has 0 saturated carbocycles. The number of halogens is 3. The van der Waals surface area contributed by atoms with Crippen LogP contribution in [0.4, 0.5) is 18.9 Å². The number of nitrogens with one attached hydrogen (secondary N) is 2. The second kappa shape index (κ2) is 6.79. The quantitative estimate of drug-likeness (QED) is 0.560. The van der Waals surface area contributed by atoms with Crippen molar-refractivity contribution in [2.45, 2.75) is 50.2 Å². The van der Waals surface area contributed by atoms with Gasteiger partial charge < -0.3 is 20.7 Å². The van der Waals surface area contributed by atoms with Crippen molar-refractivity contribution in [2.24, 2.45) is 0 Å². The summed E-state index contributed by atoms with van der Waals surface area (Å²) in [5, 5.41) is 10.9. The first-order chi connectivity index (χ1) is 12.1. The zero-order valence-corrected chi connectivity index (χ0v) is 14.3. The lowest BCUT2D eigenvalue weighted by Gasteiger charge is -2.36. The highest BCUT2D eigenvalue weighted by molar-refractivity contribution is 6.45. The second-order valence-electron chi connectivity index (χ2n) is 6.86. The number of ether oxygens (including phenoxy) is 1. The Morgan fingerprint density at radius 2 is 1.92 bits per heavy atom. The van der Waals surface area contributed by atoms with Crippen LogP contribution in [0.25, 0.3) is 0 Å². The van der Waals surface area contributed by atoms with Crippen LogP contribution in [-0.2, 0) is 4.79 Å². The lowest BCUT2D eigenvalue weighted by molar-refractivity contribution is -0.274. The molecule has 1 amide bonds. The Labute approximate surface area is 149 Å². The van der Waals surface area contributed by atoms with E-state index < -0.39 is 23.7 Å². The Bertz CT molecular complexity index is 708. The SMILES string of the molecule is CN1C2CCC1CC(NC(=O)C(=N)c1cc(OC(F)(F)F)ccc1N)C2. The standard InChI is InChI=1S/C17H21F3N4O2/c1-24-10-2-3-11(24)7-9(6-10)23-16(25)15(22)13-8-12(4-5-14(13)21)26-17(18,19)20/h4-5,8-11,22H,2-3,6-7,21H2,1H3,(H,23,25). The number of hydrogen-bond acceptors (Lipinski definition) is 5. The lowest BCUT2D eigenvalue weighted by Crippen LogP contribution is -2.50. The summed E-state index contributed by atoms with van der Waals surface area (Å²) in [6.45, 7) is 0. The molecule has 142 valence electrons. The number of nitrogens with two attached hydrogens (primary N) is 1. The normalized spacial score (nSPS) is 25.8. The Morgan fingerprint density at radius 1 is 1.31 bits per heavy atom. The zero-order valence-electron chi connectivity index (χ0n) is 14.3. The van der Waals surface area contributed by atoms with Gasteiger partial charge >= 0.3 is 6.36 Å². The third-order valence-electron chi connectivity index (χ3n) is 5.19. The van der Waals surface area contributed by atoms with Crippen LogP contribution in [0, 0.1) is 5.41 Å². The van der Waals surface area contributed by atoms with Gasteiger partial charge in [-0.2, -0.15) is 0 Å². The first-order valence-corrected chi connectivity index (χ1v) is 8.41. The minimum Gasteiger partial charge on any atom is -0.406 e. The van der Waals surface area contributed by atoms with Crippen LogP contribution in [-0.4, -0.2) is 48.1 Å². The van der Waals surface area contributed by atoms with Gasteiger partial charge in [-0.25, -0.2) is 0 Å². The molecule has 3 rings (SSSR count). The number of nitrogen functional groups attached to an aromatic ring is 1. The second-order valence-corrected chi connectivity index (χ2v) is 6.86. The highest BCUT2D eigenvalue weighted by Crippen LogP contribution is 2.34. The fourth-order valence-corrected chi connectivity index (χ4v) is 3.86. The summed E-state index contributed by atoms with van der Waals surface area (Å²) in [5.41, 5.74) is 5.22. The molecule has 0 aromatic heterocycles. The molecule has 2 fully saturated rings. The average Bonchev–Trinajstić information content (AvgIpc) is 2.76. The number of carbonyl (C=O) groups is 1. The van der Waals surface area contributed by atoms with Crippen molar-refractivity contribution in [1.29, 1.82) is 5.41 Å². The Hall–Kier alpha value is -2.29. The van der Waals surface area contributed by atoms with E-state index in [9.17, 15) is 18.0 Å². The largest absolute Gasteiger partial charge is 0.573 e. The third kappa shape index (κ3) is 3.92. The molecule has 2 aliphatic rings. The number of nitrogens with zero attached hydrogens (tertiary/aromatic N) is 1. The van der Waals surface area contributed by atoms with Crippen molar-refractivity contribution < 1.29 is 22.7 Å². The molecule has 26 heavy (non-hydrogen) atoms. The molecule has 2 unspecified atom stereocenters. The Kier molecular flexibility index (Phi) is 4.83. The van der Waals surface area contributed by atoms with E-state index in [1.54, 1.807) is 0 Å². The predicted octanol–water partition coefficient (Wildman–Crippen LogP) is 2.28. The van der Waals surface area contributed by atoms with Crippen LogP contribution < -0.4 is 15.8 Å². The number of anilines is 1. The molecule has 6 nitrogen and oxygen atoms in total. The summed E-state index contributed by atoms with van der Waals surface area (Å²) in [5.74, 6) is -1.16. The Morgan fingerprint density at radius 3 is 2.50 bits per heavy atom. The van der Waals surface area contributed by atoms with E-state index in [2.05, 4.69) is 22.0 Å². The lowest BCUT2D eigenvalue weighted by atomic mass is 9.97. The maximum Gasteiger partial charge on any atom is 0.573 e. The molecular weight excluding hydrogens is 349 g/mol. The molecule has 4 N–H and O–H groups in total. The zero-order chi connectivity index (χ0) is 19.1. The fraction of sp³-hybridized carbons (Fsp3) is 0.529. The van der Waals surface area contributed by atoms with Crippen molar-refractivity contribution in [3.05, 3.63) is 23.8 Å². The van der Waals surface area contributed by atoms with E-state index in [4.69, 9.17) is 11.1 Å². The summed E-state index contributed by atoms with van der Waals surface area (Å²) >= 11 is 0. The number of alkyl halides is 3. The van der Waals surface area contributed by atoms with Crippen LogP contribution in [0.2, 0.25) is 0 Å². The van der Waals surface area contributed by atoms with E-state index in [1.165, 1.54) is 6.07 Å². The third-order valence-corrected chi connectivity index (χ3v) is 5.19. The first-order valence-electron chi connectivity index (χ1n) is 8.41. The van der Waals surface area contributed by atoms with Crippen molar-refractivity contribution in [3.8, 4) is 5.75 Å². The molecule has 2 aliphatic heterocycles. The van der Waals surface area contributed by atoms with E-state index >= 15 is 0 Å². The van der Waals surface area contributed by atoms with Gasteiger partial charge in [0.1, 0.15) is 11.5 Å². The van der Waals surface area contributed by atoms with Gasteiger partial charge in [-0.1, -0.05) is 0 Å². The molecule has 0 radical (unpaired) electrons. The van der Waals surface area contributed by atoms with Crippen LogP contribution in [0.15, 0.2) is 18.2 Å². The summed E-state index contributed by atoms with van der Waals surface area (Å²) in [4.78, 5) is 14.7. The smallest absolute Gasteiger partial charge is 0.406 e. The molecule has 9 heteroatoms. The number of amides is 1. The first kappa shape index (κ1) is 18.5. The number of hydrogen-bond donors (Lipinski definition) is 3.